The third-order valence-electron chi connectivity index (χ3n) is 4.40. The first kappa shape index (κ1) is 20.1. The molecule has 2 heterocycles. The maximum absolute atomic E-state index is 13.4. The Labute approximate surface area is 165 Å². The lowest BCUT2D eigenvalue weighted by molar-refractivity contribution is -0.157. The molecule has 8 heteroatoms. The Balaban J connectivity index is 1.71. The van der Waals surface area contributed by atoms with Gasteiger partial charge in [-0.3, -0.25) is 9.78 Å². The number of hydrogen-bond donors (Lipinski definition) is 0. The number of imidazole rings is 1. The minimum Gasteiger partial charge on any atom is -0.334 e. The number of benzene rings is 1. The summed E-state index contributed by atoms with van der Waals surface area (Å²) >= 11 is 5.69. The summed E-state index contributed by atoms with van der Waals surface area (Å²) in [6.07, 6.45) is -0.771. The third-order valence-corrected chi connectivity index (χ3v) is 4.63. The highest BCUT2D eigenvalue weighted by Crippen LogP contribution is 2.37. The van der Waals surface area contributed by atoms with E-state index >= 15 is 0 Å². The first-order valence-corrected chi connectivity index (χ1v) is 8.87. The summed E-state index contributed by atoms with van der Waals surface area (Å²) in [5.74, 6) is -2.46. The second-order valence-corrected chi connectivity index (χ2v) is 6.94. The number of nitrogens with zero attached hydrogens (tertiary/aromatic N) is 3. The van der Waals surface area contributed by atoms with Gasteiger partial charge < -0.3 is 4.57 Å². The van der Waals surface area contributed by atoms with Gasteiger partial charge in [-0.2, -0.15) is 13.2 Å². The molecule has 0 spiro atoms. The van der Waals surface area contributed by atoms with E-state index in [0.717, 1.165) is 17.5 Å². The number of aryl methyl sites for hydroxylation is 1. The van der Waals surface area contributed by atoms with Crippen molar-refractivity contribution in [1.29, 1.82) is 0 Å². The minimum absolute atomic E-state index is 0.0775. The van der Waals surface area contributed by atoms with Gasteiger partial charge in [0.1, 0.15) is 11.7 Å². The molecule has 0 amide bonds. The smallest absolute Gasteiger partial charge is 0.334 e. The van der Waals surface area contributed by atoms with Gasteiger partial charge in [0, 0.05) is 26.1 Å². The van der Waals surface area contributed by atoms with E-state index in [-0.39, 0.29) is 17.1 Å². The van der Waals surface area contributed by atoms with E-state index in [1.807, 2.05) is 23.7 Å². The Kier molecular flexibility index (Phi) is 5.84. The molecule has 2 aromatic heterocycles. The number of rotatable bonds is 6. The van der Waals surface area contributed by atoms with Gasteiger partial charge in [-0.15, -0.1) is 0 Å². The van der Waals surface area contributed by atoms with E-state index < -0.39 is 24.3 Å². The van der Waals surface area contributed by atoms with Crippen LogP contribution in [0.1, 0.15) is 23.6 Å². The molecule has 0 unspecified atom stereocenters. The molecule has 0 N–H and O–H groups in total. The number of pyridine rings is 1. The van der Waals surface area contributed by atoms with Gasteiger partial charge in [0.05, 0.1) is 28.9 Å². The highest BCUT2D eigenvalue weighted by molar-refractivity contribution is 6.30. The second kappa shape index (κ2) is 8.14. The van der Waals surface area contributed by atoms with Crippen molar-refractivity contribution < 1.29 is 18.0 Å². The maximum Gasteiger partial charge on any atom is 0.397 e. The van der Waals surface area contributed by atoms with Crippen molar-refractivity contribution in [1.82, 2.24) is 14.5 Å². The van der Waals surface area contributed by atoms with Crippen LogP contribution < -0.4 is 0 Å². The fourth-order valence-corrected chi connectivity index (χ4v) is 3.05. The first-order valence-electron chi connectivity index (χ1n) is 8.49. The lowest BCUT2D eigenvalue weighted by atomic mass is 9.94. The van der Waals surface area contributed by atoms with Crippen molar-refractivity contribution in [2.45, 2.75) is 24.9 Å². The second-order valence-electron chi connectivity index (χ2n) is 6.50. The highest BCUT2D eigenvalue weighted by atomic mass is 35.5. The molecule has 0 saturated carbocycles. The van der Waals surface area contributed by atoms with Crippen molar-refractivity contribution in [3.63, 3.8) is 0 Å². The Hall–Kier alpha value is -2.67. The van der Waals surface area contributed by atoms with Gasteiger partial charge in [0.25, 0.3) is 0 Å². The molecule has 1 atom stereocenters. The summed E-state index contributed by atoms with van der Waals surface area (Å²) in [6.45, 7) is 0. The molecule has 0 aliphatic rings. The zero-order chi connectivity index (χ0) is 20.3. The summed E-state index contributed by atoms with van der Waals surface area (Å²) in [5, 5.41) is 0.240. The largest absolute Gasteiger partial charge is 0.397 e. The SMILES string of the molecule is Cn1cncc1-c1ccc(CC(=O)C[C@@H](c2ccc(Cl)cn2)C(F)(F)F)cc1. The number of carbonyl (C=O) groups is 1. The number of alkyl halides is 3. The third kappa shape index (κ3) is 4.78. The summed E-state index contributed by atoms with van der Waals surface area (Å²) in [6, 6.07) is 9.66. The Bertz CT molecular complexity index is 950. The molecule has 1 aromatic carbocycles. The molecule has 4 nitrogen and oxygen atoms in total. The van der Waals surface area contributed by atoms with E-state index in [2.05, 4.69) is 9.97 Å². The van der Waals surface area contributed by atoms with E-state index in [1.165, 1.54) is 12.1 Å². The van der Waals surface area contributed by atoms with Crippen molar-refractivity contribution in [2.24, 2.45) is 7.05 Å². The van der Waals surface area contributed by atoms with Crippen molar-refractivity contribution in [3.8, 4) is 11.3 Å². The number of carbonyl (C=O) groups excluding carboxylic acids is 1. The van der Waals surface area contributed by atoms with Crippen LogP contribution in [0.15, 0.2) is 55.1 Å². The molecule has 3 rings (SSSR count). The van der Waals surface area contributed by atoms with Gasteiger partial charge in [-0.25, -0.2) is 4.98 Å². The van der Waals surface area contributed by atoms with Crippen molar-refractivity contribution in [3.05, 3.63) is 71.4 Å². The van der Waals surface area contributed by atoms with Crippen LogP contribution in [0.25, 0.3) is 11.3 Å². The molecule has 0 aliphatic heterocycles. The van der Waals surface area contributed by atoms with Crippen LogP contribution in [0.4, 0.5) is 13.2 Å². The maximum atomic E-state index is 13.4. The molecule has 0 aliphatic carbocycles. The lowest BCUT2D eigenvalue weighted by Crippen LogP contribution is -2.25. The average Bonchev–Trinajstić information content (AvgIpc) is 3.06. The van der Waals surface area contributed by atoms with Crippen LogP contribution in [0.5, 0.6) is 0 Å². The molecular formula is C20H17ClF3N3O. The molecule has 0 fully saturated rings. The van der Waals surface area contributed by atoms with Gasteiger partial charge in [-0.05, 0) is 23.3 Å². The molecule has 28 heavy (non-hydrogen) atoms. The standard InChI is InChI=1S/C20H17ClF3N3O/c1-27-12-25-11-19(27)14-4-2-13(3-5-14)8-16(28)9-17(20(22,23)24)18-7-6-15(21)10-26-18/h2-7,10-12,17H,8-9H2,1H3/t17-/m0/s1. The minimum atomic E-state index is -4.57. The van der Waals surface area contributed by atoms with Crippen LogP contribution in [-0.2, 0) is 18.3 Å². The molecular weight excluding hydrogens is 391 g/mol. The number of hydrogen-bond acceptors (Lipinski definition) is 3. The van der Waals surface area contributed by atoms with E-state index in [4.69, 9.17) is 11.6 Å². The van der Waals surface area contributed by atoms with Gasteiger partial charge in [0.2, 0.25) is 0 Å². The lowest BCUT2D eigenvalue weighted by Gasteiger charge is -2.19. The van der Waals surface area contributed by atoms with Gasteiger partial charge in [0.15, 0.2) is 0 Å². The molecule has 0 bridgehead atoms. The zero-order valence-corrected chi connectivity index (χ0v) is 15.7. The fourth-order valence-electron chi connectivity index (χ4n) is 2.94. The Morgan fingerprint density at radius 1 is 1.14 bits per heavy atom. The summed E-state index contributed by atoms with van der Waals surface area (Å²) in [4.78, 5) is 20.1. The van der Waals surface area contributed by atoms with E-state index in [0.29, 0.717) is 5.56 Å². The fraction of sp³-hybridized carbons (Fsp3) is 0.250. The number of Topliss-reactive ketones (excluding diaryl/α,β-unsaturated/α-hetero) is 1. The Morgan fingerprint density at radius 3 is 2.39 bits per heavy atom. The first-order chi connectivity index (χ1) is 13.2. The predicted octanol–water partition coefficient (Wildman–Crippen LogP) is 4.98. The van der Waals surface area contributed by atoms with Crippen LogP contribution >= 0.6 is 11.6 Å². The van der Waals surface area contributed by atoms with Gasteiger partial charge >= 0.3 is 6.18 Å². The summed E-state index contributed by atoms with van der Waals surface area (Å²) in [5.41, 5.74) is 2.26. The van der Waals surface area contributed by atoms with Crippen LogP contribution in [0.2, 0.25) is 5.02 Å². The molecule has 0 saturated heterocycles. The van der Waals surface area contributed by atoms with Crippen molar-refractivity contribution >= 4 is 17.4 Å². The van der Waals surface area contributed by atoms with Crippen LogP contribution in [0, 0.1) is 0 Å². The van der Waals surface area contributed by atoms with E-state index in [1.54, 1.807) is 24.7 Å². The quantitative estimate of drug-likeness (QED) is 0.578. The topological polar surface area (TPSA) is 47.8 Å². The predicted molar refractivity (Wildman–Crippen MR) is 100 cm³/mol. The normalized spacial score (nSPS) is 12.8. The van der Waals surface area contributed by atoms with Crippen LogP contribution in [0.3, 0.4) is 0 Å². The highest BCUT2D eigenvalue weighted by Gasteiger charge is 2.42. The summed E-state index contributed by atoms with van der Waals surface area (Å²) < 4.78 is 42.1. The molecule has 146 valence electrons. The van der Waals surface area contributed by atoms with Gasteiger partial charge in [-0.1, -0.05) is 35.9 Å². The number of halogens is 4. The zero-order valence-electron chi connectivity index (χ0n) is 14.9. The van der Waals surface area contributed by atoms with Crippen molar-refractivity contribution in [2.75, 3.05) is 0 Å². The molecule has 3 aromatic rings. The number of aromatic nitrogens is 3. The molecule has 0 radical (unpaired) electrons. The Morgan fingerprint density at radius 2 is 1.86 bits per heavy atom. The van der Waals surface area contributed by atoms with Crippen LogP contribution in [-0.4, -0.2) is 26.5 Å². The van der Waals surface area contributed by atoms with E-state index in [9.17, 15) is 18.0 Å². The number of ketones is 1. The monoisotopic (exact) mass is 407 g/mol. The summed E-state index contributed by atoms with van der Waals surface area (Å²) in [7, 11) is 1.86. The average molecular weight is 408 g/mol.